The molecule has 0 amide bonds. The fourth-order valence-electron chi connectivity index (χ4n) is 2.31. The molecule has 2 aliphatic rings. The van der Waals surface area contributed by atoms with Gasteiger partial charge in [-0.15, -0.1) is 0 Å². The number of ether oxygens (including phenoxy) is 2. The summed E-state index contributed by atoms with van der Waals surface area (Å²) in [6, 6.07) is 6.27. The first-order valence-electron chi connectivity index (χ1n) is 7.01. The van der Waals surface area contributed by atoms with E-state index in [1.807, 2.05) is 6.07 Å². The Kier molecular flexibility index (Phi) is 3.69. The summed E-state index contributed by atoms with van der Waals surface area (Å²) in [5, 5.41) is 3.51. The van der Waals surface area contributed by atoms with Crippen molar-refractivity contribution in [1.82, 2.24) is 5.32 Å². The highest BCUT2D eigenvalue weighted by Crippen LogP contribution is 2.32. The number of hydrogen-bond donors (Lipinski definition) is 1. The maximum Gasteiger partial charge on any atom is 0.161 e. The van der Waals surface area contributed by atoms with Gasteiger partial charge in [0.1, 0.15) is 13.2 Å². The van der Waals surface area contributed by atoms with E-state index in [0.717, 1.165) is 36.9 Å². The monoisotopic (exact) mass is 247 g/mol. The van der Waals surface area contributed by atoms with Crippen molar-refractivity contribution in [2.24, 2.45) is 5.92 Å². The van der Waals surface area contributed by atoms with E-state index in [4.69, 9.17) is 9.47 Å². The maximum absolute atomic E-state index is 5.59. The van der Waals surface area contributed by atoms with Gasteiger partial charge in [-0.05, 0) is 49.5 Å². The molecule has 0 spiro atoms. The van der Waals surface area contributed by atoms with Crippen LogP contribution in [0.3, 0.4) is 0 Å². The van der Waals surface area contributed by atoms with Crippen LogP contribution < -0.4 is 14.8 Å². The Balaban J connectivity index is 1.43. The summed E-state index contributed by atoms with van der Waals surface area (Å²) in [5.74, 6) is 2.80. The van der Waals surface area contributed by atoms with Crippen LogP contribution in [-0.2, 0) is 6.42 Å². The first-order valence-corrected chi connectivity index (χ1v) is 7.01. The molecule has 0 radical (unpaired) electrons. The van der Waals surface area contributed by atoms with E-state index < -0.39 is 0 Å². The summed E-state index contributed by atoms with van der Waals surface area (Å²) in [5.41, 5.74) is 1.32. The van der Waals surface area contributed by atoms with Crippen molar-refractivity contribution in [3.8, 4) is 11.5 Å². The lowest BCUT2D eigenvalue weighted by molar-refractivity contribution is 0.171. The molecule has 0 saturated heterocycles. The molecular weight excluding hydrogens is 226 g/mol. The highest BCUT2D eigenvalue weighted by molar-refractivity contribution is 5.43. The first-order chi connectivity index (χ1) is 8.92. The molecule has 1 fully saturated rings. The molecule has 1 aromatic rings. The topological polar surface area (TPSA) is 30.5 Å². The molecule has 18 heavy (non-hydrogen) atoms. The largest absolute Gasteiger partial charge is 0.486 e. The third-order valence-corrected chi connectivity index (χ3v) is 3.62. The van der Waals surface area contributed by atoms with E-state index in [-0.39, 0.29) is 0 Å². The number of benzene rings is 1. The van der Waals surface area contributed by atoms with Crippen LogP contribution >= 0.6 is 0 Å². The third kappa shape index (κ3) is 3.16. The average Bonchev–Trinajstić information content (AvgIpc) is 3.22. The quantitative estimate of drug-likeness (QED) is 0.783. The van der Waals surface area contributed by atoms with E-state index in [9.17, 15) is 0 Å². The zero-order valence-electron chi connectivity index (χ0n) is 10.8. The number of rotatable bonds is 6. The molecule has 98 valence electrons. The van der Waals surface area contributed by atoms with Gasteiger partial charge in [0.25, 0.3) is 0 Å². The molecule has 0 bridgehead atoms. The summed E-state index contributed by atoms with van der Waals surface area (Å²) in [7, 11) is 0. The van der Waals surface area contributed by atoms with Crippen LogP contribution in [0.2, 0.25) is 0 Å². The van der Waals surface area contributed by atoms with E-state index in [1.165, 1.54) is 24.8 Å². The van der Waals surface area contributed by atoms with Gasteiger partial charge in [-0.3, -0.25) is 0 Å². The standard InChI is InChI=1S/C15H21NO2/c1-2-12(1)5-7-16-8-6-13-3-4-14-15(11-13)18-10-9-17-14/h3-4,11-12,16H,1-2,5-10H2. The zero-order chi connectivity index (χ0) is 12.2. The molecule has 0 aromatic heterocycles. The minimum absolute atomic E-state index is 0.662. The second-order valence-corrected chi connectivity index (χ2v) is 5.21. The van der Waals surface area contributed by atoms with Gasteiger partial charge in [-0.25, -0.2) is 0 Å². The predicted molar refractivity (Wildman–Crippen MR) is 71.3 cm³/mol. The molecule has 1 aliphatic carbocycles. The Morgan fingerprint density at radius 1 is 1.06 bits per heavy atom. The van der Waals surface area contributed by atoms with Gasteiger partial charge in [0.05, 0.1) is 0 Å². The van der Waals surface area contributed by atoms with Gasteiger partial charge >= 0.3 is 0 Å². The van der Waals surface area contributed by atoms with Crippen LogP contribution in [0.1, 0.15) is 24.8 Å². The van der Waals surface area contributed by atoms with Gasteiger partial charge in [0, 0.05) is 0 Å². The molecule has 1 N–H and O–H groups in total. The van der Waals surface area contributed by atoms with Crippen LogP contribution in [0.15, 0.2) is 18.2 Å². The smallest absolute Gasteiger partial charge is 0.161 e. The van der Waals surface area contributed by atoms with E-state index in [0.29, 0.717) is 13.2 Å². The maximum atomic E-state index is 5.59. The van der Waals surface area contributed by atoms with Crippen molar-refractivity contribution in [1.29, 1.82) is 0 Å². The molecule has 1 saturated carbocycles. The Hall–Kier alpha value is -1.22. The molecule has 0 atom stereocenters. The molecule has 0 unspecified atom stereocenters. The van der Waals surface area contributed by atoms with E-state index in [2.05, 4.69) is 17.4 Å². The van der Waals surface area contributed by atoms with Crippen molar-refractivity contribution in [2.75, 3.05) is 26.3 Å². The Labute approximate surface area is 108 Å². The lowest BCUT2D eigenvalue weighted by atomic mass is 10.1. The number of fused-ring (bicyclic) bond motifs is 1. The third-order valence-electron chi connectivity index (χ3n) is 3.62. The van der Waals surface area contributed by atoms with Gasteiger partial charge in [0.2, 0.25) is 0 Å². The van der Waals surface area contributed by atoms with Crippen LogP contribution in [0.5, 0.6) is 11.5 Å². The van der Waals surface area contributed by atoms with Crippen LogP contribution in [0, 0.1) is 5.92 Å². The van der Waals surface area contributed by atoms with Crippen molar-refractivity contribution in [3.05, 3.63) is 23.8 Å². The van der Waals surface area contributed by atoms with Gasteiger partial charge in [-0.1, -0.05) is 18.9 Å². The Bertz CT molecular complexity index is 401. The van der Waals surface area contributed by atoms with Crippen molar-refractivity contribution >= 4 is 0 Å². The lowest BCUT2D eigenvalue weighted by Gasteiger charge is -2.18. The summed E-state index contributed by atoms with van der Waals surface area (Å²) in [6.07, 6.45) is 5.30. The highest BCUT2D eigenvalue weighted by atomic mass is 16.6. The highest BCUT2D eigenvalue weighted by Gasteiger charge is 2.19. The molecule has 3 nitrogen and oxygen atoms in total. The van der Waals surface area contributed by atoms with Crippen molar-refractivity contribution < 1.29 is 9.47 Å². The van der Waals surface area contributed by atoms with E-state index in [1.54, 1.807) is 0 Å². The number of nitrogens with one attached hydrogen (secondary N) is 1. The molecule has 1 aliphatic heterocycles. The minimum atomic E-state index is 0.662. The molecule has 1 heterocycles. The summed E-state index contributed by atoms with van der Waals surface area (Å²) >= 11 is 0. The van der Waals surface area contributed by atoms with Gasteiger partial charge in [0.15, 0.2) is 11.5 Å². The van der Waals surface area contributed by atoms with Crippen LogP contribution in [0.4, 0.5) is 0 Å². The van der Waals surface area contributed by atoms with Crippen LogP contribution in [0.25, 0.3) is 0 Å². The fraction of sp³-hybridized carbons (Fsp3) is 0.600. The fourth-order valence-corrected chi connectivity index (χ4v) is 2.31. The second-order valence-electron chi connectivity index (χ2n) is 5.21. The summed E-state index contributed by atoms with van der Waals surface area (Å²) in [4.78, 5) is 0. The summed E-state index contributed by atoms with van der Waals surface area (Å²) < 4.78 is 11.1. The van der Waals surface area contributed by atoms with Crippen molar-refractivity contribution in [2.45, 2.75) is 25.7 Å². The Morgan fingerprint density at radius 2 is 1.89 bits per heavy atom. The second kappa shape index (κ2) is 5.61. The summed E-state index contributed by atoms with van der Waals surface area (Å²) in [6.45, 7) is 3.53. The molecular formula is C15H21NO2. The first kappa shape index (κ1) is 11.8. The lowest BCUT2D eigenvalue weighted by Crippen LogP contribution is -2.19. The van der Waals surface area contributed by atoms with Gasteiger partial charge < -0.3 is 14.8 Å². The average molecular weight is 247 g/mol. The van der Waals surface area contributed by atoms with Crippen LogP contribution in [-0.4, -0.2) is 26.3 Å². The number of hydrogen-bond acceptors (Lipinski definition) is 3. The SMILES string of the molecule is c1cc2c(cc1CCNCCC1CC1)OCCO2. The van der Waals surface area contributed by atoms with Crippen molar-refractivity contribution in [3.63, 3.8) is 0 Å². The normalized spacial score (nSPS) is 17.8. The molecule has 3 rings (SSSR count). The van der Waals surface area contributed by atoms with E-state index >= 15 is 0 Å². The zero-order valence-corrected chi connectivity index (χ0v) is 10.8. The molecule has 3 heteroatoms. The Morgan fingerprint density at radius 3 is 2.72 bits per heavy atom. The predicted octanol–water partition coefficient (Wildman–Crippen LogP) is 2.39. The van der Waals surface area contributed by atoms with Gasteiger partial charge in [-0.2, -0.15) is 0 Å². The molecule has 1 aromatic carbocycles. The minimum Gasteiger partial charge on any atom is -0.486 e.